The van der Waals surface area contributed by atoms with E-state index in [0.29, 0.717) is 37.1 Å². The van der Waals surface area contributed by atoms with Gasteiger partial charge in [-0.05, 0) is 102 Å². The van der Waals surface area contributed by atoms with Gasteiger partial charge in [-0.3, -0.25) is 0 Å². The number of aliphatic hydroxyl groups excluding tert-OH is 4. The third-order valence-corrected chi connectivity index (χ3v) is 16.4. The van der Waals surface area contributed by atoms with Crippen molar-refractivity contribution in [3.63, 3.8) is 0 Å². The van der Waals surface area contributed by atoms with Crippen molar-refractivity contribution in [2.45, 2.75) is 175 Å². The van der Waals surface area contributed by atoms with Gasteiger partial charge in [0.25, 0.3) is 15.1 Å². The van der Waals surface area contributed by atoms with Crippen LogP contribution >= 0.6 is 15.1 Å². The van der Waals surface area contributed by atoms with E-state index in [1.807, 2.05) is 13.8 Å². The highest BCUT2D eigenvalue weighted by Crippen LogP contribution is 2.50. The molecule has 0 radical (unpaired) electrons. The summed E-state index contributed by atoms with van der Waals surface area (Å²) in [5, 5.41) is 103. The van der Waals surface area contributed by atoms with Crippen molar-refractivity contribution < 1.29 is 102 Å². The lowest BCUT2D eigenvalue weighted by molar-refractivity contribution is -0.483. The Morgan fingerprint density at radius 3 is 1.51 bits per heavy atom. The highest BCUT2D eigenvalue weighted by Gasteiger charge is 2.70. The summed E-state index contributed by atoms with van der Waals surface area (Å²) in [7, 11) is -4.33. The van der Waals surface area contributed by atoms with Crippen LogP contribution in [0.4, 0.5) is 4.39 Å². The Hall–Kier alpha value is -2.31. The van der Waals surface area contributed by atoms with Crippen LogP contribution in [-0.4, -0.2) is 215 Å². The van der Waals surface area contributed by atoms with Crippen LogP contribution in [0.5, 0.6) is 11.5 Å². The van der Waals surface area contributed by atoms with Gasteiger partial charge in [-0.25, -0.2) is 4.39 Å². The van der Waals surface area contributed by atoms with Crippen LogP contribution in [0, 0.1) is 17.7 Å². The number of halogens is 1. The van der Waals surface area contributed by atoms with E-state index in [0.717, 1.165) is 11.6 Å². The highest BCUT2D eigenvalue weighted by atomic mass is 31.2. The Kier molecular flexibility index (Phi) is 19.4. The Morgan fingerprint density at radius 2 is 1.08 bits per heavy atom. The van der Waals surface area contributed by atoms with Gasteiger partial charge in [0.05, 0.1) is 48.7 Å². The molecular weight excluding hydrogens is 1050 g/mol. The molecule has 6 aliphatic rings. The lowest BCUT2D eigenvalue weighted by Gasteiger charge is -2.60. The monoisotopic (exact) mass is 1120 g/mol. The van der Waals surface area contributed by atoms with Gasteiger partial charge in [0.2, 0.25) is 24.2 Å². The van der Waals surface area contributed by atoms with Gasteiger partial charge in [0, 0.05) is 44.3 Å². The molecule has 2 aromatic carbocycles. The number of aliphatic hydroxyl groups is 8. The number of likely N-dealkylation sites (N-methyl/N-ethyl adjacent to an activating group) is 2. The number of hydrogen-bond donors (Lipinski definition) is 16. The normalized spacial score (nSPS) is 41.3. The minimum atomic E-state index is -3.98. The molecule has 2 aliphatic carbocycles. The molecule has 0 aromatic heterocycles. The number of nitrogens with one attached hydrogen (secondary N) is 4. The fourth-order valence-corrected chi connectivity index (χ4v) is 12.5. The predicted octanol–water partition coefficient (Wildman–Crippen LogP) is -1.77. The SMILES string of the molecule is C=P(O)(O)Oc1cc(CNC[C@]2(O)C[C@@H](C)O[C@H]3O[C@@H]4[C@@H](O)[C@H](CC)[C@H](O)[C@H](NC)[C@H]4O[C@]32O)ccc1F.C=P(O)(O)Oc1ccc(CCNC[C@]2(O)C[C@@H](C)O[C@H]3O[C@@H]4[C@@H](O)[C@H](CC)[C@H](O)[C@H](NC)[C@H]4O[C@]32O)cc1. The second-order valence-electron chi connectivity index (χ2n) is 21.0. The summed E-state index contributed by atoms with van der Waals surface area (Å²) in [6.07, 6.45) is -3.73. The molecule has 2 saturated carbocycles. The second kappa shape index (κ2) is 24.0. The molecule has 24 nitrogen and oxygen atoms in total. The number of ether oxygens (including phenoxy) is 6. The first-order valence-electron chi connectivity index (χ1n) is 25.5. The maximum Gasteiger partial charge on any atom is 0.297 e. The van der Waals surface area contributed by atoms with E-state index in [4.69, 9.17) is 37.5 Å². The highest BCUT2D eigenvalue weighted by molar-refractivity contribution is 7.58. The topological polar surface area (TPSA) is 365 Å². The fourth-order valence-electron chi connectivity index (χ4n) is 11.6. The average Bonchev–Trinajstić information content (AvgIpc) is 3.33. The third kappa shape index (κ3) is 12.7. The van der Waals surface area contributed by atoms with E-state index in [-0.39, 0.29) is 38.2 Å². The van der Waals surface area contributed by atoms with Gasteiger partial charge in [-0.15, -0.1) is 0 Å². The van der Waals surface area contributed by atoms with E-state index >= 15 is 0 Å². The Bertz CT molecular complexity index is 2360. The molecule has 0 bridgehead atoms. The van der Waals surface area contributed by atoms with Gasteiger partial charge >= 0.3 is 0 Å². The number of benzene rings is 2. The van der Waals surface area contributed by atoms with Crippen molar-refractivity contribution in [1.82, 2.24) is 21.3 Å². The zero-order chi connectivity index (χ0) is 55.9. The molecule has 0 spiro atoms. The number of hydrogen-bond acceptors (Lipinski definition) is 24. The zero-order valence-electron chi connectivity index (χ0n) is 43.5. The second-order valence-corrected chi connectivity index (χ2v) is 24.0. The first kappa shape index (κ1) is 61.3. The molecule has 16 N–H and O–H groups in total. The molecule has 0 unspecified atom stereocenters. The number of rotatable bonds is 17. The Morgan fingerprint density at radius 1 is 0.632 bits per heavy atom. The quantitative estimate of drug-likeness (QED) is 0.0615. The molecule has 20 atom stereocenters. The Balaban J connectivity index is 0.000000221. The van der Waals surface area contributed by atoms with Crippen LogP contribution in [0.1, 0.15) is 64.5 Å². The lowest BCUT2D eigenvalue weighted by Crippen LogP contribution is -2.80. The third-order valence-electron chi connectivity index (χ3n) is 15.4. The maximum atomic E-state index is 14.0. The molecule has 4 heterocycles. The van der Waals surface area contributed by atoms with Gasteiger partial charge in [0.15, 0.2) is 11.6 Å². The van der Waals surface area contributed by atoms with Crippen LogP contribution in [-0.2, 0) is 41.4 Å². The van der Waals surface area contributed by atoms with Crippen molar-refractivity contribution in [3.05, 3.63) is 59.4 Å². The van der Waals surface area contributed by atoms with Gasteiger partial charge in [-0.1, -0.05) is 32.0 Å². The smallest absolute Gasteiger partial charge is 0.297 e. The van der Waals surface area contributed by atoms with Gasteiger partial charge in [-0.2, -0.15) is 0 Å². The predicted molar refractivity (Wildman–Crippen MR) is 274 cm³/mol. The summed E-state index contributed by atoms with van der Waals surface area (Å²) in [6.45, 7) is 7.46. The summed E-state index contributed by atoms with van der Waals surface area (Å²) < 4.78 is 59.8. The minimum Gasteiger partial charge on any atom is -0.432 e. The van der Waals surface area contributed by atoms with E-state index in [1.165, 1.54) is 12.1 Å². The molecule has 4 saturated heterocycles. The molecule has 27 heteroatoms. The van der Waals surface area contributed by atoms with Crippen LogP contribution in [0.25, 0.3) is 0 Å². The summed E-state index contributed by atoms with van der Waals surface area (Å²) in [4.78, 5) is 37.6. The molecule has 8 rings (SSSR count). The van der Waals surface area contributed by atoms with Crippen LogP contribution < -0.4 is 30.3 Å². The van der Waals surface area contributed by atoms with Gasteiger partial charge < -0.3 is 119 Å². The average molecular weight is 1130 g/mol. The molecule has 6 fully saturated rings. The van der Waals surface area contributed by atoms with Crippen molar-refractivity contribution in [2.75, 3.05) is 33.7 Å². The maximum absolute atomic E-state index is 14.0. The number of fused-ring (bicyclic) bond motifs is 4. The largest absolute Gasteiger partial charge is 0.432 e. The van der Waals surface area contributed by atoms with Crippen LogP contribution in [0.3, 0.4) is 0 Å². The lowest BCUT2D eigenvalue weighted by atomic mass is 9.74. The first-order chi connectivity index (χ1) is 35.5. The van der Waals surface area contributed by atoms with Crippen molar-refractivity contribution in [2.24, 2.45) is 11.8 Å². The molecule has 0 amide bonds. The standard InChI is InChI=1S/C25H41N2O10P.C24H38FN2O10P/c1-5-17-19(28)18(26-3)21-22(20(17)29)35-23-25(31,36-21)24(30,12-14(2)34-23)13-27-11-10-15-6-8-16(9-7-15)37-38(4,32)33;1-5-14-18(28)17(26-3)20-21(19(14)29)35-22-24(31,36-20)23(30,9-12(2)34-22)11-27-10-13-6-7-15(25)16(8-13)37-38(4,32)33/h6-9,14,17-23,26-33H,4-5,10-13H2,1-3H3;6-8,12,14,17-22,26-33H,4-5,9-11H2,1-3H3/t14-,17-,18+,19+,20+,21-,22-,23+,24-,25-;12-,14-,17+,18+,19+,20-,21-,22+,23-,24-/m11/s1. The minimum absolute atomic E-state index is 0.0356. The molecule has 2 aromatic rings. The zero-order valence-corrected chi connectivity index (χ0v) is 45.3. The summed E-state index contributed by atoms with van der Waals surface area (Å²) >= 11 is 0. The van der Waals surface area contributed by atoms with Crippen LogP contribution in [0.15, 0.2) is 42.5 Å². The summed E-state index contributed by atoms with van der Waals surface area (Å²) in [5.41, 5.74) is -2.30. The summed E-state index contributed by atoms with van der Waals surface area (Å²) in [5.74, 6) is -6.46. The molecule has 76 heavy (non-hydrogen) atoms. The molecular formula is C49H79FN4O20P2. The van der Waals surface area contributed by atoms with Crippen molar-refractivity contribution in [1.29, 1.82) is 0 Å². The van der Waals surface area contributed by atoms with E-state index in [2.05, 4.69) is 33.9 Å². The first-order valence-corrected chi connectivity index (χ1v) is 29.1. The summed E-state index contributed by atoms with van der Waals surface area (Å²) in [6, 6.07) is 9.24. The van der Waals surface area contributed by atoms with E-state index < -0.39 is 141 Å². The van der Waals surface area contributed by atoms with E-state index in [1.54, 1.807) is 52.2 Å². The Labute approximate surface area is 441 Å². The molecule has 4 aliphatic heterocycles. The van der Waals surface area contributed by atoms with Crippen LogP contribution in [0.2, 0.25) is 0 Å². The van der Waals surface area contributed by atoms with Crippen molar-refractivity contribution in [3.8, 4) is 11.5 Å². The fraction of sp³-hybridized carbons (Fsp3) is 0.714. The van der Waals surface area contributed by atoms with E-state index in [9.17, 15) is 64.8 Å². The molecule has 432 valence electrons. The van der Waals surface area contributed by atoms with Gasteiger partial charge in [0.1, 0.15) is 41.4 Å². The van der Waals surface area contributed by atoms with Crippen molar-refractivity contribution >= 4 is 27.7 Å².